The molecule has 0 radical (unpaired) electrons. The van der Waals surface area contributed by atoms with Gasteiger partial charge in [-0.05, 0) is 43.2 Å². The summed E-state index contributed by atoms with van der Waals surface area (Å²) in [5, 5.41) is 3.27. The lowest BCUT2D eigenvalue weighted by atomic mass is 10.0. The molecular weight excluding hydrogens is 407 g/mol. The fourth-order valence-electron chi connectivity index (χ4n) is 3.57. The number of hydrogen-bond donors (Lipinski definition) is 1. The van der Waals surface area contributed by atoms with Gasteiger partial charge >= 0.3 is 0 Å². The van der Waals surface area contributed by atoms with E-state index in [4.69, 9.17) is 11.6 Å². The molecular formula is C22H20ClFN4O2. The number of imidazole rings is 1. The molecule has 0 atom stereocenters. The van der Waals surface area contributed by atoms with E-state index in [2.05, 4.69) is 10.3 Å². The van der Waals surface area contributed by atoms with E-state index < -0.39 is 5.82 Å². The Morgan fingerprint density at radius 2 is 1.87 bits per heavy atom. The van der Waals surface area contributed by atoms with Gasteiger partial charge in [0.05, 0.1) is 11.3 Å². The topological polar surface area (TPSA) is 66.7 Å². The number of carbonyl (C=O) groups is 2. The lowest BCUT2D eigenvalue weighted by Gasteiger charge is -2.32. The van der Waals surface area contributed by atoms with Crippen LogP contribution in [0.1, 0.15) is 28.9 Å². The third-order valence-electron chi connectivity index (χ3n) is 5.15. The smallest absolute Gasteiger partial charge is 0.256 e. The van der Waals surface area contributed by atoms with Gasteiger partial charge in [-0.15, -0.1) is 0 Å². The van der Waals surface area contributed by atoms with E-state index in [0.717, 1.165) is 0 Å². The minimum Gasteiger partial charge on any atom is -0.350 e. The summed E-state index contributed by atoms with van der Waals surface area (Å²) in [6, 6.07) is 11.5. The number of fused-ring (bicyclic) bond motifs is 1. The second kappa shape index (κ2) is 8.67. The molecule has 1 N–H and O–H groups in total. The largest absolute Gasteiger partial charge is 0.350 e. The highest BCUT2D eigenvalue weighted by atomic mass is 35.5. The van der Waals surface area contributed by atoms with Crippen LogP contribution >= 0.6 is 11.6 Å². The molecule has 3 heterocycles. The lowest BCUT2D eigenvalue weighted by Crippen LogP contribution is -2.46. The van der Waals surface area contributed by atoms with Crippen LogP contribution in [0.4, 0.5) is 4.39 Å². The van der Waals surface area contributed by atoms with Crippen LogP contribution in [0.2, 0.25) is 5.15 Å². The second-order valence-electron chi connectivity index (χ2n) is 7.10. The summed E-state index contributed by atoms with van der Waals surface area (Å²) in [6.07, 6.45) is 6.11. The van der Waals surface area contributed by atoms with Gasteiger partial charge in [0, 0.05) is 31.4 Å². The standard InChI is InChI=1S/C22H20ClFN4O2/c23-21-18(28-12-4-3-7-19(28)26-21)8-9-20(29)25-15-10-13-27(14-11-15)22(30)16-5-1-2-6-17(16)24/h1-9,12,15H,10-11,13-14H2,(H,25,29). The third kappa shape index (κ3) is 4.21. The van der Waals surface area contributed by atoms with E-state index in [0.29, 0.717) is 42.4 Å². The number of nitrogens with zero attached hydrogens (tertiary/aromatic N) is 3. The average molecular weight is 427 g/mol. The number of aromatic nitrogens is 2. The first kappa shape index (κ1) is 20.1. The van der Waals surface area contributed by atoms with Crippen molar-refractivity contribution in [3.63, 3.8) is 0 Å². The molecule has 0 spiro atoms. The number of rotatable bonds is 4. The normalized spacial score (nSPS) is 15.1. The number of carbonyl (C=O) groups excluding carboxylic acids is 2. The van der Waals surface area contributed by atoms with Crippen molar-refractivity contribution in [2.45, 2.75) is 18.9 Å². The molecule has 30 heavy (non-hydrogen) atoms. The van der Waals surface area contributed by atoms with Gasteiger partial charge in [-0.3, -0.25) is 14.0 Å². The Balaban J connectivity index is 1.33. The molecule has 2 amide bonds. The first-order chi connectivity index (χ1) is 14.5. The van der Waals surface area contributed by atoms with Crippen LogP contribution in [0, 0.1) is 5.82 Å². The summed E-state index contributed by atoms with van der Waals surface area (Å²) >= 11 is 6.17. The highest BCUT2D eigenvalue weighted by molar-refractivity contribution is 6.31. The second-order valence-corrected chi connectivity index (χ2v) is 7.46. The summed E-state index contributed by atoms with van der Waals surface area (Å²) in [4.78, 5) is 30.7. The van der Waals surface area contributed by atoms with Gasteiger partial charge < -0.3 is 10.2 Å². The molecule has 0 unspecified atom stereocenters. The first-order valence-corrected chi connectivity index (χ1v) is 10.1. The minimum atomic E-state index is -0.519. The van der Waals surface area contributed by atoms with Crippen molar-refractivity contribution in [2.24, 2.45) is 0 Å². The van der Waals surface area contributed by atoms with Crippen LogP contribution < -0.4 is 5.32 Å². The number of pyridine rings is 1. The Kier molecular flexibility index (Phi) is 5.81. The molecule has 0 aliphatic carbocycles. The number of nitrogens with one attached hydrogen (secondary N) is 1. The minimum absolute atomic E-state index is 0.0514. The van der Waals surface area contributed by atoms with Crippen LogP contribution in [-0.2, 0) is 4.79 Å². The molecule has 4 rings (SSSR count). The van der Waals surface area contributed by atoms with Gasteiger partial charge in [0.15, 0.2) is 5.15 Å². The van der Waals surface area contributed by atoms with Crippen LogP contribution in [-0.4, -0.2) is 45.2 Å². The fourth-order valence-corrected chi connectivity index (χ4v) is 3.81. The Hall–Kier alpha value is -3.19. The Labute approximate surface area is 178 Å². The number of halogens is 2. The number of benzene rings is 1. The quantitative estimate of drug-likeness (QED) is 0.649. The molecule has 1 fully saturated rings. The maximum atomic E-state index is 13.8. The molecule has 154 valence electrons. The lowest BCUT2D eigenvalue weighted by molar-refractivity contribution is -0.117. The van der Waals surface area contributed by atoms with Gasteiger partial charge in [-0.25, -0.2) is 9.37 Å². The molecule has 6 nitrogen and oxygen atoms in total. The maximum Gasteiger partial charge on any atom is 0.256 e. The predicted octanol–water partition coefficient (Wildman–Crippen LogP) is 3.56. The van der Waals surface area contributed by atoms with Gasteiger partial charge in [-0.1, -0.05) is 29.8 Å². The van der Waals surface area contributed by atoms with E-state index in [9.17, 15) is 14.0 Å². The monoisotopic (exact) mass is 426 g/mol. The maximum absolute atomic E-state index is 13.8. The fraction of sp³-hybridized carbons (Fsp3) is 0.227. The van der Waals surface area contributed by atoms with Crippen molar-refractivity contribution in [1.82, 2.24) is 19.6 Å². The predicted molar refractivity (Wildman–Crippen MR) is 113 cm³/mol. The highest BCUT2D eigenvalue weighted by Crippen LogP contribution is 2.19. The van der Waals surface area contributed by atoms with E-state index in [1.54, 1.807) is 27.5 Å². The molecule has 0 bridgehead atoms. The van der Waals surface area contributed by atoms with Gasteiger partial charge in [0.2, 0.25) is 5.91 Å². The van der Waals surface area contributed by atoms with E-state index in [1.165, 1.54) is 18.2 Å². The summed E-state index contributed by atoms with van der Waals surface area (Å²) in [7, 11) is 0. The summed E-state index contributed by atoms with van der Waals surface area (Å²) in [5.41, 5.74) is 1.41. The highest BCUT2D eigenvalue weighted by Gasteiger charge is 2.25. The van der Waals surface area contributed by atoms with Crippen molar-refractivity contribution in [3.8, 4) is 0 Å². The van der Waals surface area contributed by atoms with E-state index in [1.807, 2.05) is 24.4 Å². The summed E-state index contributed by atoms with van der Waals surface area (Å²) in [6.45, 7) is 0.918. The van der Waals surface area contributed by atoms with Gasteiger partial charge in [-0.2, -0.15) is 0 Å². The number of piperidine rings is 1. The average Bonchev–Trinajstić information content (AvgIpc) is 3.07. The number of amides is 2. The zero-order valence-electron chi connectivity index (χ0n) is 16.1. The molecule has 1 aromatic carbocycles. The first-order valence-electron chi connectivity index (χ1n) is 9.68. The Morgan fingerprint density at radius 1 is 1.13 bits per heavy atom. The van der Waals surface area contributed by atoms with Crippen LogP contribution in [0.5, 0.6) is 0 Å². The molecule has 1 aliphatic heterocycles. The van der Waals surface area contributed by atoms with E-state index >= 15 is 0 Å². The van der Waals surface area contributed by atoms with Crippen molar-refractivity contribution in [2.75, 3.05) is 13.1 Å². The molecule has 2 aromatic heterocycles. The molecule has 8 heteroatoms. The number of likely N-dealkylation sites (tertiary alicyclic amines) is 1. The molecule has 1 saturated heterocycles. The van der Waals surface area contributed by atoms with Crippen molar-refractivity contribution in [1.29, 1.82) is 0 Å². The van der Waals surface area contributed by atoms with Gasteiger partial charge in [0.1, 0.15) is 11.5 Å². The molecule has 3 aromatic rings. The third-order valence-corrected chi connectivity index (χ3v) is 5.43. The Bertz CT molecular complexity index is 1120. The van der Waals surface area contributed by atoms with E-state index in [-0.39, 0.29) is 23.4 Å². The zero-order chi connectivity index (χ0) is 21.1. The van der Waals surface area contributed by atoms with Gasteiger partial charge in [0.25, 0.3) is 5.91 Å². The van der Waals surface area contributed by atoms with Crippen molar-refractivity contribution in [3.05, 3.63) is 77.0 Å². The van der Waals surface area contributed by atoms with Crippen LogP contribution in [0.25, 0.3) is 11.7 Å². The number of hydrogen-bond acceptors (Lipinski definition) is 3. The molecule has 0 saturated carbocycles. The van der Waals surface area contributed by atoms with Crippen molar-refractivity contribution < 1.29 is 14.0 Å². The Morgan fingerprint density at radius 3 is 2.63 bits per heavy atom. The van der Waals surface area contributed by atoms with Crippen molar-refractivity contribution >= 4 is 35.1 Å². The summed E-state index contributed by atoms with van der Waals surface area (Å²) in [5.74, 6) is -1.08. The van der Waals surface area contributed by atoms with Crippen LogP contribution in [0.3, 0.4) is 0 Å². The van der Waals surface area contributed by atoms with Crippen LogP contribution in [0.15, 0.2) is 54.7 Å². The molecule has 1 aliphatic rings. The summed E-state index contributed by atoms with van der Waals surface area (Å²) < 4.78 is 15.6. The zero-order valence-corrected chi connectivity index (χ0v) is 16.8. The SMILES string of the molecule is O=C(C=Cc1c(Cl)nc2ccccn12)NC1CCN(C(=O)c2ccccc2F)CC1.